The van der Waals surface area contributed by atoms with Gasteiger partial charge in [-0.3, -0.25) is 9.59 Å². The molecule has 2 N–H and O–H groups in total. The molecular formula is C10H17N3O3. The van der Waals surface area contributed by atoms with Crippen molar-refractivity contribution in [3.05, 3.63) is 0 Å². The Labute approximate surface area is 94.3 Å². The third-order valence-electron chi connectivity index (χ3n) is 2.34. The summed E-state index contributed by atoms with van der Waals surface area (Å²) in [6.07, 6.45) is 2.14. The molecule has 0 aliphatic carbocycles. The van der Waals surface area contributed by atoms with Gasteiger partial charge in [0, 0.05) is 33.0 Å². The van der Waals surface area contributed by atoms with Crippen LogP contribution in [0.5, 0.6) is 0 Å². The maximum absolute atomic E-state index is 11.6. The number of hydrogen-bond acceptors (Lipinski definition) is 4. The molecule has 0 bridgehead atoms. The van der Waals surface area contributed by atoms with E-state index >= 15 is 0 Å². The van der Waals surface area contributed by atoms with Crippen molar-refractivity contribution in [2.75, 3.05) is 20.2 Å². The van der Waals surface area contributed by atoms with Crippen LogP contribution in [-0.4, -0.2) is 47.8 Å². The van der Waals surface area contributed by atoms with Gasteiger partial charge in [0.2, 0.25) is 5.91 Å². The van der Waals surface area contributed by atoms with Crippen molar-refractivity contribution in [2.24, 2.45) is 5.10 Å². The molecule has 16 heavy (non-hydrogen) atoms. The van der Waals surface area contributed by atoms with Gasteiger partial charge in [-0.25, -0.2) is 5.01 Å². The Kier molecular flexibility index (Phi) is 4.91. The smallest absolute Gasteiger partial charge is 0.267 e. The Bertz CT molecular complexity index is 302. The first-order valence-corrected chi connectivity index (χ1v) is 5.38. The van der Waals surface area contributed by atoms with E-state index in [1.165, 1.54) is 5.01 Å². The average Bonchev–Trinajstić information content (AvgIpc) is 2.28. The first-order valence-electron chi connectivity index (χ1n) is 5.38. The Morgan fingerprint density at radius 3 is 2.88 bits per heavy atom. The highest BCUT2D eigenvalue weighted by atomic mass is 16.3. The van der Waals surface area contributed by atoms with Gasteiger partial charge in [-0.2, -0.15) is 5.10 Å². The molecule has 90 valence electrons. The molecule has 1 rings (SSSR count). The maximum Gasteiger partial charge on any atom is 0.267 e. The van der Waals surface area contributed by atoms with E-state index in [1.54, 1.807) is 7.05 Å². The number of rotatable bonds is 5. The fourth-order valence-corrected chi connectivity index (χ4v) is 1.37. The van der Waals surface area contributed by atoms with Gasteiger partial charge in [0.15, 0.2) is 0 Å². The van der Waals surface area contributed by atoms with Crippen LogP contribution in [0.15, 0.2) is 5.10 Å². The van der Waals surface area contributed by atoms with Crippen LogP contribution < -0.4 is 5.32 Å². The number of carbonyl (C=O) groups is 2. The van der Waals surface area contributed by atoms with Gasteiger partial charge in [-0.15, -0.1) is 0 Å². The lowest BCUT2D eigenvalue weighted by Crippen LogP contribution is -2.37. The summed E-state index contributed by atoms with van der Waals surface area (Å²) in [5, 5.41) is 16.4. The second-order valence-corrected chi connectivity index (χ2v) is 3.65. The normalized spacial score (nSPS) is 16.0. The summed E-state index contributed by atoms with van der Waals surface area (Å²) >= 11 is 0. The van der Waals surface area contributed by atoms with Crippen molar-refractivity contribution < 1.29 is 14.7 Å². The van der Waals surface area contributed by atoms with Crippen LogP contribution in [0.1, 0.15) is 25.7 Å². The predicted molar refractivity (Wildman–Crippen MR) is 58.8 cm³/mol. The second-order valence-electron chi connectivity index (χ2n) is 3.65. The van der Waals surface area contributed by atoms with Gasteiger partial charge in [-0.1, -0.05) is 0 Å². The predicted octanol–water partition coefficient (Wildman–Crippen LogP) is -0.517. The van der Waals surface area contributed by atoms with Gasteiger partial charge in [0.1, 0.15) is 5.71 Å². The van der Waals surface area contributed by atoms with Crippen molar-refractivity contribution in [1.82, 2.24) is 10.3 Å². The number of hydrogen-bond donors (Lipinski definition) is 2. The third kappa shape index (κ3) is 3.62. The minimum Gasteiger partial charge on any atom is -0.396 e. The van der Waals surface area contributed by atoms with Crippen LogP contribution in [0.25, 0.3) is 0 Å². The minimum atomic E-state index is -0.225. The first kappa shape index (κ1) is 12.6. The summed E-state index contributed by atoms with van der Waals surface area (Å²) in [5.41, 5.74) is 0.395. The second kappa shape index (κ2) is 6.22. The molecule has 6 heteroatoms. The highest BCUT2D eigenvalue weighted by Gasteiger charge is 2.21. The van der Waals surface area contributed by atoms with Crippen molar-refractivity contribution in [3.8, 4) is 0 Å². The van der Waals surface area contributed by atoms with Crippen LogP contribution in [0.4, 0.5) is 0 Å². The molecule has 0 fully saturated rings. The van der Waals surface area contributed by atoms with Crippen molar-refractivity contribution in [1.29, 1.82) is 0 Å². The fraction of sp³-hybridized carbons (Fsp3) is 0.700. The van der Waals surface area contributed by atoms with E-state index < -0.39 is 0 Å². The molecule has 0 aromatic carbocycles. The average molecular weight is 227 g/mol. The molecule has 2 amide bonds. The van der Waals surface area contributed by atoms with Gasteiger partial charge < -0.3 is 10.4 Å². The van der Waals surface area contributed by atoms with E-state index in [1.807, 2.05) is 0 Å². The topological polar surface area (TPSA) is 82.0 Å². The molecule has 1 heterocycles. The van der Waals surface area contributed by atoms with E-state index in [-0.39, 0.29) is 18.4 Å². The molecule has 1 aliphatic heterocycles. The number of aliphatic hydroxyl groups is 1. The zero-order valence-electron chi connectivity index (χ0n) is 9.40. The number of aliphatic hydroxyl groups excluding tert-OH is 1. The SMILES string of the molecule is CN1N=C(C(=O)NCCCCO)CCC1=O. The summed E-state index contributed by atoms with van der Waals surface area (Å²) < 4.78 is 0. The maximum atomic E-state index is 11.6. The zero-order chi connectivity index (χ0) is 12.0. The quantitative estimate of drug-likeness (QED) is 0.620. The van der Waals surface area contributed by atoms with Gasteiger partial charge in [0.25, 0.3) is 5.91 Å². The molecular weight excluding hydrogens is 210 g/mol. The van der Waals surface area contributed by atoms with E-state index in [0.29, 0.717) is 31.5 Å². The number of carbonyl (C=O) groups excluding carboxylic acids is 2. The van der Waals surface area contributed by atoms with Crippen LogP contribution in [0.2, 0.25) is 0 Å². The zero-order valence-corrected chi connectivity index (χ0v) is 9.40. The molecule has 0 atom stereocenters. The third-order valence-corrected chi connectivity index (χ3v) is 2.34. The molecule has 0 saturated carbocycles. The molecule has 0 spiro atoms. The summed E-state index contributed by atoms with van der Waals surface area (Å²) in [4.78, 5) is 22.7. The molecule has 0 radical (unpaired) electrons. The van der Waals surface area contributed by atoms with E-state index in [4.69, 9.17) is 5.11 Å². The van der Waals surface area contributed by atoms with E-state index in [2.05, 4.69) is 10.4 Å². The van der Waals surface area contributed by atoms with Crippen LogP contribution >= 0.6 is 0 Å². The lowest BCUT2D eigenvalue weighted by Gasteiger charge is -2.18. The first-order chi connectivity index (χ1) is 7.65. The number of nitrogens with one attached hydrogen (secondary N) is 1. The molecule has 1 aliphatic rings. The van der Waals surface area contributed by atoms with Crippen LogP contribution in [0, 0.1) is 0 Å². The highest BCUT2D eigenvalue weighted by Crippen LogP contribution is 2.06. The number of amides is 2. The lowest BCUT2D eigenvalue weighted by atomic mass is 10.1. The summed E-state index contributed by atoms with van der Waals surface area (Å²) in [5.74, 6) is -0.297. The van der Waals surface area contributed by atoms with Crippen LogP contribution in [0.3, 0.4) is 0 Å². The lowest BCUT2D eigenvalue weighted by molar-refractivity contribution is -0.130. The minimum absolute atomic E-state index is 0.0724. The van der Waals surface area contributed by atoms with Gasteiger partial charge in [-0.05, 0) is 12.8 Å². The van der Waals surface area contributed by atoms with Crippen LogP contribution in [-0.2, 0) is 9.59 Å². The standard InChI is InChI=1S/C10H17N3O3/c1-13-9(15)5-4-8(12-13)10(16)11-6-2-3-7-14/h14H,2-7H2,1H3,(H,11,16). The molecule has 6 nitrogen and oxygen atoms in total. The van der Waals surface area contributed by atoms with E-state index in [9.17, 15) is 9.59 Å². The number of unbranched alkanes of at least 4 members (excludes halogenated alkanes) is 1. The van der Waals surface area contributed by atoms with Crippen molar-refractivity contribution in [2.45, 2.75) is 25.7 Å². The highest BCUT2D eigenvalue weighted by molar-refractivity contribution is 6.39. The Morgan fingerprint density at radius 2 is 2.25 bits per heavy atom. The fourth-order valence-electron chi connectivity index (χ4n) is 1.37. The number of nitrogens with zero attached hydrogens (tertiary/aromatic N) is 2. The number of hydrazone groups is 1. The van der Waals surface area contributed by atoms with Crippen molar-refractivity contribution >= 4 is 17.5 Å². The molecule has 0 saturated heterocycles. The Hall–Kier alpha value is -1.43. The Balaban J connectivity index is 2.37. The molecule has 0 unspecified atom stereocenters. The summed E-state index contributed by atoms with van der Waals surface area (Å²) in [6.45, 7) is 0.657. The Morgan fingerprint density at radius 1 is 1.50 bits per heavy atom. The summed E-state index contributed by atoms with van der Waals surface area (Å²) in [7, 11) is 1.54. The molecule has 0 aromatic rings. The van der Waals surface area contributed by atoms with Gasteiger partial charge in [0.05, 0.1) is 0 Å². The summed E-state index contributed by atoms with van der Waals surface area (Å²) in [6, 6.07) is 0. The molecule has 0 aromatic heterocycles. The van der Waals surface area contributed by atoms with Crippen molar-refractivity contribution in [3.63, 3.8) is 0 Å². The largest absolute Gasteiger partial charge is 0.396 e. The van der Waals surface area contributed by atoms with E-state index in [0.717, 1.165) is 6.42 Å². The monoisotopic (exact) mass is 227 g/mol. The van der Waals surface area contributed by atoms with Gasteiger partial charge >= 0.3 is 0 Å².